The molecule has 1 amide bonds. The van der Waals surface area contributed by atoms with Crippen molar-refractivity contribution < 1.29 is 9.53 Å². The molecular formula is C20H27N5O4. The fraction of sp³-hybridized carbons (Fsp3) is 0.400. The van der Waals surface area contributed by atoms with Crippen molar-refractivity contribution in [3.05, 3.63) is 57.5 Å². The van der Waals surface area contributed by atoms with E-state index in [-0.39, 0.29) is 30.2 Å². The Hall–Kier alpha value is -3.36. The van der Waals surface area contributed by atoms with Crippen molar-refractivity contribution in [2.24, 2.45) is 0 Å². The Balaban J connectivity index is 0.000000313. The molecule has 0 saturated heterocycles. The van der Waals surface area contributed by atoms with Crippen LogP contribution in [-0.4, -0.2) is 38.2 Å². The summed E-state index contributed by atoms with van der Waals surface area (Å²) < 4.78 is 8.99. The van der Waals surface area contributed by atoms with E-state index in [1.54, 1.807) is 14.0 Å². The largest absolute Gasteiger partial charge is 0.497 e. The second-order valence-electron chi connectivity index (χ2n) is 6.09. The highest BCUT2D eigenvalue weighted by molar-refractivity contribution is 5.78. The molecule has 3 aromatic rings. The first-order valence-corrected chi connectivity index (χ1v) is 9.52. The number of imidazole rings is 1. The molecule has 0 unspecified atom stereocenters. The SMILES string of the molecule is CCNC(=O)Cn1cnc2c1c(=O)n(CC)c(=O)n2CC.COc1ccccc1. The molecule has 0 bridgehead atoms. The average Bonchev–Trinajstić information content (AvgIpc) is 3.13. The first kappa shape index (κ1) is 21.9. The summed E-state index contributed by atoms with van der Waals surface area (Å²) in [7, 11) is 1.66. The number of amides is 1. The van der Waals surface area contributed by atoms with Crippen LogP contribution in [0.25, 0.3) is 11.2 Å². The number of benzene rings is 1. The first-order valence-electron chi connectivity index (χ1n) is 9.52. The average molecular weight is 401 g/mol. The third-order valence-corrected chi connectivity index (χ3v) is 4.28. The minimum Gasteiger partial charge on any atom is -0.497 e. The number of aryl methyl sites for hydroxylation is 1. The summed E-state index contributed by atoms with van der Waals surface area (Å²) >= 11 is 0. The fourth-order valence-electron chi connectivity index (χ4n) is 2.89. The van der Waals surface area contributed by atoms with Crippen molar-refractivity contribution in [2.45, 2.75) is 40.4 Å². The number of likely N-dealkylation sites (N-methyl/N-ethyl adjacent to an activating group) is 1. The van der Waals surface area contributed by atoms with Crippen LogP contribution in [0.1, 0.15) is 20.8 Å². The molecule has 0 atom stereocenters. The van der Waals surface area contributed by atoms with E-state index in [1.807, 2.05) is 44.2 Å². The monoisotopic (exact) mass is 401 g/mol. The molecule has 1 N–H and O–H groups in total. The maximum absolute atomic E-state index is 12.4. The normalized spacial score (nSPS) is 10.3. The zero-order valence-electron chi connectivity index (χ0n) is 17.2. The Labute approximate surface area is 168 Å². The predicted molar refractivity (Wildman–Crippen MR) is 111 cm³/mol. The van der Waals surface area contributed by atoms with Crippen LogP contribution < -0.4 is 21.3 Å². The van der Waals surface area contributed by atoms with Gasteiger partial charge in [-0.1, -0.05) is 18.2 Å². The van der Waals surface area contributed by atoms with E-state index in [0.717, 1.165) is 10.3 Å². The maximum atomic E-state index is 12.4. The van der Waals surface area contributed by atoms with Gasteiger partial charge in [0.2, 0.25) is 5.91 Å². The van der Waals surface area contributed by atoms with Gasteiger partial charge in [0.05, 0.1) is 13.4 Å². The summed E-state index contributed by atoms with van der Waals surface area (Å²) in [5.74, 6) is 0.709. The van der Waals surface area contributed by atoms with E-state index in [1.165, 1.54) is 15.5 Å². The minimum absolute atomic E-state index is 0.00517. The Bertz CT molecular complexity index is 1070. The Morgan fingerprint density at radius 3 is 2.24 bits per heavy atom. The maximum Gasteiger partial charge on any atom is 0.332 e. The van der Waals surface area contributed by atoms with Gasteiger partial charge >= 0.3 is 5.69 Å². The van der Waals surface area contributed by atoms with Gasteiger partial charge in [-0.2, -0.15) is 0 Å². The Morgan fingerprint density at radius 1 is 1.07 bits per heavy atom. The number of nitrogens with one attached hydrogen (secondary N) is 1. The van der Waals surface area contributed by atoms with E-state index < -0.39 is 5.56 Å². The summed E-state index contributed by atoms with van der Waals surface area (Å²) in [6, 6.07) is 9.68. The van der Waals surface area contributed by atoms with Crippen molar-refractivity contribution in [3.8, 4) is 5.75 Å². The highest BCUT2D eigenvalue weighted by Crippen LogP contribution is 2.07. The van der Waals surface area contributed by atoms with Crippen LogP contribution in [0.4, 0.5) is 0 Å². The number of carbonyl (C=O) groups excluding carboxylic acids is 1. The van der Waals surface area contributed by atoms with Gasteiger partial charge in [-0.25, -0.2) is 9.78 Å². The van der Waals surface area contributed by atoms with Crippen molar-refractivity contribution in [1.82, 2.24) is 24.0 Å². The van der Waals surface area contributed by atoms with Gasteiger partial charge in [0.15, 0.2) is 11.2 Å². The highest BCUT2D eigenvalue weighted by Gasteiger charge is 2.17. The van der Waals surface area contributed by atoms with Crippen LogP contribution in [0.5, 0.6) is 5.75 Å². The summed E-state index contributed by atoms with van der Waals surface area (Å²) in [6.07, 6.45) is 1.42. The molecule has 29 heavy (non-hydrogen) atoms. The van der Waals surface area contributed by atoms with Gasteiger partial charge < -0.3 is 14.6 Å². The van der Waals surface area contributed by atoms with Crippen LogP contribution >= 0.6 is 0 Å². The quantitative estimate of drug-likeness (QED) is 0.670. The van der Waals surface area contributed by atoms with E-state index in [0.29, 0.717) is 18.7 Å². The number of fused-ring (bicyclic) bond motifs is 1. The standard InChI is InChI=1S/C13H19N5O3.C7H8O/c1-4-14-9(19)7-16-8-15-11-10(16)12(20)18(6-3)13(21)17(11)5-2;1-8-7-5-3-2-4-6-7/h8H,4-7H2,1-3H3,(H,14,19);2-6H,1H3. The molecule has 2 aromatic heterocycles. The molecular weight excluding hydrogens is 374 g/mol. The van der Waals surface area contributed by atoms with Gasteiger partial charge in [0.25, 0.3) is 5.56 Å². The molecule has 1 aromatic carbocycles. The lowest BCUT2D eigenvalue weighted by Gasteiger charge is -2.09. The van der Waals surface area contributed by atoms with Crippen LogP contribution in [-0.2, 0) is 24.4 Å². The summed E-state index contributed by atoms with van der Waals surface area (Å²) in [4.78, 5) is 40.5. The molecule has 2 heterocycles. The molecule has 0 saturated carbocycles. The number of carbonyl (C=O) groups is 1. The lowest BCUT2D eigenvalue weighted by Crippen LogP contribution is -2.40. The van der Waals surface area contributed by atoms with Crippen LogP contribution in [0.15, 0.2) is 46.2 Å². The summed E-state index contributed by atoms with van der Waals surface area (Å²) in [6.45, 7) is 6.58. The van der Waals surface area contributed by atoms with E-state index in [2.05, 4.69) is 10.3 Å². The molecule has 0 aliphatic rings. The van der Waals surface area contributed by atoms with Gasteiger partial charge in [0, 0.05) is 19.6 Å². The molecule has 0 spiro atoms. The van der Waals surface area contributed by atoms with Crippen molar-refractivity contribution in [2.75, 3.05) is 13.7 Å². The smallest absolute Gasteiger partial charge is 0.332 e. The molecule has 9 heteroatoms. The number of methoxy groups -OCH3 is 1. The number of rotatable bonds is 6. The van der Waals surface area contributed by atoms with E-state index in [4.69, 9.17) is 4.74 Å². The van der Waals surface area contributed by atoms with Gasteiger partial charge in [0.1, 0.15) is 12.3 Å². The number of para-hydroxylation sites is 1. The number of hydrogen-bond donors (Lipinski definition) is 1. The molecule has 9 nitrogen and oxygen atoms in total. The van der Waals surface area contributed by atoms with Crippen molar-refractivity contribution >= 4 is 17.1 Å². The van der Waals surface area contributed by atoms with Gasteiger partial charge in [-0.3, -0.25) is 18.7 Å². The van der Waals surface area contributed by atoms with E-state index in [9.17, 15) is 14.4 Å². The van der Waals surface area contributed by atoms with Crippen LogP contribution in [0.2, 0.25) is 0 Å². The van der Waals surface area contributed by atoms with Gasteiger partial charge in [-0.05, 0) is 32.9 Å². The predicted octanol–water partition coefficient (Wildman–Crippen LogP) is 1.23. The van der Waals surface area contributed by atoms with Crippen molar-refractivity contribution in [3.63, 3.8) is 0 Å². The number of aromatic nitrogens is 4. The number of nitrogens with zero attached hydrogens (tertiary/aromatic N) is 4. The fourth-order valence-corrected chi connectivity index (χ4v) is 2.89. The van der Waals surface area contributed by atoms with Crippen molar-refractivity contribution in [1.29, 1.82) is 0 Å². The molecule has 0 radical (unpaired) electrons. The van der Waals surface area contributed by atoms with E-state index >= 15 is 0 Å². The minimum atomic E-state index is -0.413. The molecule has 156 valence electrons. The second-order valence-corrected chi connectivity index (χ2v) is 6.09. The number of hydrogen-bond acceptors (Lipinski definition) is 5. The topological polar surface area (TPSA) is 100 Å². The second kappa shape index (κ2) is 10.3. The zero-order valence-corrected chi connectivity index (χ0v) is 17.2. The molecule has 0 aliphatic heterocycles. The lowest BCUT2D eigenvalue weighted by atomic mass is 10.3. The summed E-state index contributed by atoms with van der Waals surface area (Å²) in [5.41, 5.74) is -0.184. The lowest BCUT2D eigenvalue weighted by molar-refractivity contribution is -0.121. The first-order chi connectivity index (χ1) is 14.0. The van der Waals surface area contributed by atoms with Gasteiger partial charge in [-0.15, -0.1) is 0 Å². The summed E-state index contributed by atoms with van der Waals surface area (Å²) in [5, 5.41) is 2.67. The molecule has 0 fully saturated rings. The highest BCUT2D eigenvalue weighted by atomic mass is 16.5. The Kier molecular flexibility index (Phi) is 7.76. The molecule has 3 rings (SSSR count). The molecule has 0 aliphatic carbocycles. The third-order valence-electron chi connectivity index (χ3n) is 4.28. The number of ether oxygens (including phenoxy) is 1. The van der Waals surface area contributed by atoms with Crippen LogP contribution in [0.3, 0.4) is 0 Å². The van der Waals surface area contributed by atoms with Crippen LogP contribution in [0, 0.1) is 0 Å². The third kappa shape index (κ3) is 4.92. The Morgan fingerprint density at radius 2 is 1.72 bits per heavy atom. The zero-order chi connectivity index (χ0) is 21.4.